The number of rotatable bonds is 7. The normalized spacial score (nSPS) is 14.1. The van der Waals surface area contributed by atoms with E-state index in [0.717, 1.165) is 43.2 Å². The average molecular weight is 500 g/mol. The Morgan fingerprint density at radius 3 is 2.50 bits per heavy atom. The van der Waals surface area contributed by atoms with Crippen molar-refractivity contribution in [3.8, 4) is 0 Å². The van der Waals surface area contributed by atoms with Gasteiger partial charge in [0.2, 0.25) is 0 Å². The van der Waals surface area contributed by atoms with Crippen LogP contribution in [0, 0.1) is 6.92 Å². The van der Waals surface area contributed by atoms with Gasteiger partial charge < -0.3 is 14.7 Å². The van der Waals surface area contributed by atoms with E-state index in [-0.39, 0.29) is 30.1 Å². The molecule has 0 radical (unpaired) electrons. The van der Waals surface area contributed by atoms with Gasteiger partial charge in [-0.15, -0.1) is 0 Å². The van der Waals surface area contributed by atoms with Crippen LogP contribution in [0.15, 0.2) is 53.1 Å². The molecule has 4 rings (SSSR count). The Morgan fingerprint density at radius 1 is 1.06 bits per heavy atom. The Morgan fingerprint density at radius 2 is 1.79 bits per heavy atom. The third-order valence-corrected chi connectivity index (χ3v) is 6.68. The van der Waals surface area contributed by atoms with Crippen LogP contribution in [0.1, 0.15) is 69.8 Å². The molecule has 0 atom stereocenters. The minimum Gasteiger partial charge on any atom is -0.359 e. The fourth-order valence-electron chi connectivity index (χ4n) is 4.22. The summed E-state index contributed by atoms with van der Waals surface area (Å²) in [5, 5.41) is 7.57. The van der Waals surface area contributed by atoms with E-state index in [2.05, 4.69) is 10.5 Å². The monoisotopic (exact) mass is 499 g/mol. The molecule has 1 fully saturated rings. The number of hydrogen-bond acceptors (Lipinski definition) is 4. The fraction of sp³-hybridized carbons (Fsp3) is 0.346. The largest absolute Gasteiger partial charge is 0.359 e. The second-order valence-corrected chi connectivity index (χ2v) is 9.54. The Hall–Kier alpha value is -2.83. The SMILES string of the molecule is Cc1ccc(CNC(=O)c2cc(CN(C(=O)c3ccc(Cl)cc3Cl)C3CCCCC3)on2)cc1. The summed E-state index contributed by atoms with van der Waals surface area (Å²) >= 11 is 12.3. The topological polar surface area (TPSA) is 75.4 Å². The highest BCUT2D eigenvalue weighted by molar-refractivity contribution is 6.36. The van der Waals surface area contributed by atoms with Gasteiger partial charge in [-0.05, 0) is 43.5 Å². The van der Waals surface area contributed by atoms with E-state index in [4.69, 9.17) is 27.7 Å². The summed E-state index contributed by atoms with van der Waals surface area (Å²) in [5.41, 5.74) is 2.74. The second kappa shape index (κ2) is 11.1. The van der Waals surface area contributed by atoms with Crippen molar-refractivity contribution < 1.29 is 14.1 Å². The summed E-state index contributed by atoms with van der Waals surface area (Å²) in [6.07, 6.45) is 5.11. The Labute approximate surface area is 209 Å². The number of aryl methyl sites for hydroxylation is 1. The minimum absolute atomic E-state index is 0.0666. The second-order valence-electron chi connectivity index (χ2n) is 8.70. The van der Waals surface area contributed by atoms with Crippen molar-refractivity contribution in [3.05, 3.63) is 86.7 Å². The fourth-order valence-corrected chi connectivity index (χ4v) is 4.71. The van der Waals surface area contributed by atoms with Gasteiger partial charge in [-0.1, -0.05) is 77.4 Å². The molecule has 0 saturated heterocycles. The van der Waals surface area contributed by atoms with E-state index in [9.17, 15) is 9.59 Å². The maximum Gasteiger partial charge on any atom is 0.273 e. The lowest BCUT2D eigenvalue weighted by atomic mass is 9.93. The molecular formula is C26H27Cl2N3O3. The molecule has 2 amide bonds. The predicted molar refractivity (Wildman–Crippen MR) is 132 cm³/mol. The van der Waals surface area contributed by atoms with E-state index in [0.29, 0.717) is 27.9 Å². The van der Waals surface area contributed by atoms with E-state index in [1.807, 2.05) is 31.2 Å². The van der Waals surface area contributed by atoms with Gasteiger partial charge in [0.1, 0.15) is 0 Å². The molecule has 1 aliphatic carbocycles. The molecule has 1 heterocycles. The molecule has 1 saturated carbocycles. The molecular weight excluding hydrogens is 473 g/mol. The quantitative estimate of drug-likeness (QED) is 0.420. The summed E-state index contributed by atoms with van der Waals surface area (Å²) < 4.78 is 5.45. The summed E-state index contributed by atoms with van der Waals surface area (Å²) in [7, 11) is 0. The number of benzene rings is 2. The highest BCUT2D eigenvalue weighted by Gasteiger charge is 2.29. The molecule has 178 valence electrons. The van der Waals surface area contributed by atoms with Crippen LogP contribution >= 0.6 is 23.2 Å². The van der Waals surface area contributed by atoms with Crippen LogP contribution in [0.5, 0.6) is 0 Å². The number of nitrogens with zero attached hydrogens (tertiary/aromatic N) is 2. The van der Waals surface area contributed by atoms with Gasteiger partial charge in [-0.25, -0.2) is 0 Å². The van der Waals surface area contributed by atoms with Crippen molar-refractivity contribution in [2.24, 2.45) is 0 Å². The maximum atomic E-state index is 13.5. The number of carbonyl (C=O) groups is 2. The van der Waals surface area contributed by atoms with Gasteiger partial charge in [0.25, 0.3) is 11.8 Å². The van der Waals surface area contributed by atoms with Crippen LogP contribution in [-0.4, -0.2) is 27.9 Å². The minimum atomic E-state index is -0.327. The van der Waals surface area contributed by atoms with Gasteiger partial charge in [0, 0.05) is 23.7 Å². The van der Waals surface area contributed by atoms with Crippen LogP contribution in [0.2, 0.25) is 10.0 Å². The Bertz CT molecular complexity index is 1150. The third kappa shape index (κ3) is 5.99. The first kappa shape index (κ1) is 24.3. The molecule has 6 nitrogen and oxygen atoms in total. The smallest absolute Gasteiger partial charge is 0.273 e. The number of halogens is 2. The summed E-state index contributed by atoms with van der Waals surface area (Å²) in [4.78, 5) is 27.8. The van der Waals surface area contributed by atoms with Crippen molar-refractivity contribution in [3.63, 3.8) is 0 Å². The highest BCUT2D eigenvalue weighted by Crippen LogP contribution is 2.29. The van der Waals surface area contributed by atoms with Crippen molar-refractivity contribution in [1.29, 1.82) is 0 Å². The van der Waals surface area contributed by atoms with E-state index >= 15 is 0 Å². The molecule has 0 aliphatic heterocycles. The third-order valence-electron chi connectivity index (χ3n) is 6.13. The first-order chi connectivity index (χ1) is 16.4. The summed E-state index contributed by atoms with van der Waals surface area (Å²) in [5.74, 6) is -0.0632. The zero-order chi connectivity index (χ0) is 24.1. The van der Waals surface area contributed by atoms with Crippen molar-refractivity contribution in [1.82, 2.24) is 15.4 Å². The predicted octanol–water partition coefficient (Wildman–Crippen LogP) is 6.19. The van der Waals surface area contributed by atoms with Gasteiger partial charge in [-0.3, -0.25) is 9.59 Å². The zero-order valence-corrected chi connectivity index (χ0v) is 20.5. The lowest BCUT2D eigenvalue weighted by Crippen LogP contribution is -2.41. The van der Waals surface area contributed by atoms with Crippen molar-refractivity contribution in [2.75, 3.05) is 0 Å². The number of hydrogen-bond donors (Lipinski definition) is 1. The zero-order valence-electron chi connectivity index (χ0n) is 19.0. The standard InChI is InChI=1S/C26H27Cl2N3O3/c1-17-7-9-18(10-8-17)15-29-25(32)24-14-21(34-30-24)16-31(20-5-3-2-4-6-20)26(33)22-12-11-19(27)13-23(22)28/h7-14,20H,2-6,15-16H2,1H3,(H,29,32). The van der Waals surface area contributed by atoms with E-state index < -0.39 is 0 Å². The van der Waals surface area contributed by atoms with Crippen molar-refractivity contribution >= 4 is 35.0 Å². The van der Waals surface area contributed by atoms with Gasteiger partial charge >= 0.3 is 0 Å². The van der Waals surface area contributed by atoms with Crippen LogP contribution in [0.25, 0.3) is 0 Å². The lowest BCUT2D eigenvalue weighted by molar-refractivity contribution is 0.0590. The van der Waals surface area contributed by atoms with Crippen LogP contribution in [0.4, 0.5) is 0 Å². The number of amides is 2. The first-order valence-corrected chi connectivity index (χ1v) is 12.2. The summed E-state index contributed by atoms with van der Waals surface area (Å²) in [6.45, 7) is 2.62. The maximum absolute atomic E-state index is 13.5. The number of aromatic nitrogens is 1. The molecule has 34 heavy (non-hydrogen) atoms. The van der Waals surface area contributed by atoms with Crippen LogP contribution in [0.3, 0.4) is 0 Å². The molecule has 1 aromatic heterocycles. The average Bonchev–Trinajstić information content (AvgIpc) is 3.31. The van der Waals surface area contributed by atoms with E-state index in [1.165, 1.54) is 0 Å². The number of carbonyl (C=O) groups excluding carboxylic acids is 2. The Kier molecular flexibility index (Phi) is 7.91. The number of nitrogens with one attached hydrogen (secondary N) is 1. The molecule has 1 N–H and O–H groups in total. The molecule has 3 aromatic rings. The summed E-state index contributed by atoms with van der Waals surface area (Å²) in [6, 6.07) is 14.5. The Balaban J connectivity index is 1.47. The molecule has 0 spiro atoms. The highest BCUT2D eigenvalue weighted by atomic mass is 35.5. The van der Waals surface area contributed by atoms with Gasteiger partial charge in [-0.2, -0.15) is 0 Å². The molecule has 0 unspecified atom stereocenters. The lowest BCUT2D eigenvalue weighted by Gasteiger charge is -2.34. The van der Waals surface area contributed by atoms with Gasteiger partial charge in [0.05, 0.1) is 17.1 Å². The van der Waals surface area contributed by atoms with Crippen LogP contribution in [-0.2, 0) is 13.1 Å². The van der Waals surface area contributed by atoms with Crippen LogP contribution < -0.4 is 5.32 Å². The van der Waals surface area contributed by atoms with Gasteiger partial charge in [0.15, 0.2) is 11.5 Å². The molecule has 0 bridgehead atoms. The van der Waals surface area contributed by atoms with E-state index in [1.54, 1.807) is 29.2 Å². The van der Waals surface area contributed by atoms with Crippen molar-refractivity contribution in [2.45, 2.75) is 58.2 Å². The first-order valence-electron chi connectivity index (χ1n) is 11.5. The molecule has 8 heteroatoms. The molecule has 2 aromatic carbocycles. The molecule has 1 aliphatic rings.